The smallest absolute Gasteiger partial charge is 0.188 e. The van der Waals surface area contributed by atoms with Crippen molar-refractivity contribution in [2.45, 2.75) is 41.6 Å². The Kier molecular flexibility index (Phi) is 3.57. The molecule has 2 spiro atoms. The van der Waals surface area contributed by atoms with Crippen LogP contribution in [0, 0.1) is 11.8 Å². The van der Waals surface area contributed by atoms with Crippen LogP contribution >= 0.6 is 23.2 Å². The molecule has 5 rings (SSSR count). The van der Waals surface area contributed by atoms with E-state index in [9.17, 15) is 0 Å². The van der Waals surface area contributed by atoms with E-state index in [1.165, 1.54) is 0 Å². The number of fused-ring (bicyclic) bond motifs is 2. The Morgan fingerprint density at radius 3 is 2.10 bits per heavy atom. The summed E-state index contributed by atoms with van der Waals surface area (Å²) in [5, 5.41) is 0. The minimum absolute atomic E-state index is 0.218. The van der Waals surface area contributed by atoms with E-state index in [0.717, 1.165) is 38.9 Å². The largest absolute Gasteiger partial charge is 0.347 e. The van der Waals surface area contributed by atoms with Crippen LogP contribution in [0.3, 0.4) is 0 Å². The van der Waals surface area contributed by atoms with Crippen LogP contribution in [0.25, 0.3) is 0 Å². The van der Waals surface area contributed by atoms with Gasteiger partial charge in [-0.15, -0.1) is 23.2 Å². The van der Waals surface area contributed by atoms with Gasteiger partial charge in [0.15, 0.2) is 11.6 Å². The van der Waals surface area contributed by atoms with Crippen molar-refractivity contribution in [1.29, 1.82) is 0 Å². The Hall–Kier alpha value is 0.160. The fourth-order valence-electron chi connectivity index (χ4n) is 4.00. The van der Waals surface area contributed by atoms with Gasteiger partial charge in [-0.2, -0.15) is 0 Å². The summed E-state index contributed by atoms with van der Waals surface area (Å²) in [7, 11) is 0. The summed E-state index contributed by atoms with van der Waals surface area (Å²) in [6.07, 6.45) is 8.25. The van der Waals surface area contributed by atoms with Gasteiger partial charge in [0.1, 0.15) is 4.33 Å². The van der Waals surface area contributed by atoms with Crippen molar-refractivity contribution in [1.82, 2.24) is 0 Å². The summed E-state index contributed by atoms with van der Waals surface area (Å²) in [6, 6.07) is 0. The molecule has 0 aromatic carbocycles. The summed E-state index contributed by atoms with van der Waals surface area (Å²) in [5.41, 5.74) is 0. The molecule has 2 saturated carbocycles. The van der Waals surface area contributed by atoms with Gasteiger partial charge >= 0.3 is 0 Å². The van der Waals surface area contributed by atoms with Gasteiger partial charge in [0, 0.05) is 18.8 Å². The van der Waals surface area contributed by atoms with Gasteiger partial charge in [0.25, 0.3) is 0 Å². The van der Waals surface area contributed by atoms with Gasteiger partial charge in [-0.1, -0.05) is 6.08 Å². The van der Waals surface area contributed by atoms with E-state index in [1.54, 1.807) is 0 Å². The van der Waals surface area contributed by atoms with Gasteiger partial charge < -0.3 is 18.9 Å². The monoisotopic (exact) mass is 334 g/mol. The number of rotatable bonds is 0. The highest BCUT2D eigenvalue weighted by atomic mass is 35.5. The van der Waals surface area contributed by atoms with E-state index in [1.807, 2.05) is 6.08 Å². The van der Waals surface area contributed by atoms with Crippen LogP contribution in [-0.2, 0) is 18.9 Å². The second-order valence-corrected chi connectivity index (χ2v) is 7.70. The molecule has 0 bridgehead atoms. The number of alkyl halides is 2. The lowest BCUT2D eigenvalue weighted by Crippen LogP contribution is -2.33. The highest BCUT2D eigenvalue weighted by molar-refractivity contribution is 6.51. The van der Waals surface area contributed by atoms with Crippen LogP contribution in [0.2, 0.25) is 0 Å². The number of hydrogen-bond acceptors (Lipinski definition) is 4. The normalized spacial score (nSPS) is 39.5. The van der Waals surface area contributed by atoms with E-state index in [4.69, 9.17) is 42.1 Å². The first-order chi connectivity index (χ1) is 10.1. The highest BCUT2D eigenvalue weighted by Crippen LogP contribution is 2.72. The second kappa shape index (κ2) is 5.08. The van der Waals surface area contributed by atoms with Crippen molar-refractivity contribution < 1.29 is 18.9 Å². The van der Waals surface area contributed by atoms with E-state index in [2.05, 4.69) is 6.08 Å². The summed E-state index contributed by atoms with van der Waals surface area (Å²) in [5.74, 6) is -0.0801. The summed E-state index contributed by atoms with van der Waals surface area (Å²) < 4.78 is 21.4. The standard InChI is InChI=1S/C8H10Cl2O2.C7H10O2/c9-8(10)5-1-2-7(6(5)8)11-3-4-12-7;1-2-4-7(3-1)8-5-6-9-7/h5-6H,1-4H2;1,3H,2,4-6H2/t5-,6-;/m1./s1. The van der Waals surface area contributed by atoms with Crippen molar-refractivity contribution >= 4 is 23.2 Å². The minimum atomic E-state index is -0.567. The van der Waals surface area contributed by atoms with E-state index >= 15 is 0 Å². The predicted molar refractivity (Wildman–Crippen MR) is 78.3 cm³/mol. The molecule has 0 unspecified atom stereocenters. The van der Waals surface area contributed by atoms with Crippen molar-refractivity contribution in [3.05, 3.63) is 12.2 Å². The van der Waals surface area contributed by atoms with Gasteiger partial charge in [-0.25, -0.2) is 0 Å². The Morgan fingerprint density at radius 2 is 1.57 bits per heavy atom. The molecule has 2 aliphatic heterocycles. The van der Waals surface area contributed by atoms with E-state index < -0.39 is 10.1 Å². The first-order valence-corrected chi connectivity index (χ1v) is 8.45. The number of halogens is 2. The highest BCUT2D eigenvalue weighted by Gasteiger charge is 2.76. The average Bonchev–Trinajstić information content (AvgIpc) is 3.10. The molecule has 0 amide bonds. The summed E-state index contributed by atoms with van der Waals surface area (Å²) >= 11 is 12.2. The predicted octanol–water partition coefficient (Wildman–Crippen LogP) is 3.02. The van der Waals surface area contributed by atoms with Crippen LogP contribution in [-0.4, -0.2) is 42.3 Å². The van der Waals surface area contributed by atoms with E-state index in [0.29, 0.717) is 19.1 Å². The second-order valence-electron chi connectivity index (χ2n) is 6.26. The molecule has 2 saturated heterocycles. The Morgan fingerprint density at radius 1 is 0.905 bits per heavy atom. The van der Waals surface area contributed by atoms with Gasteiger partial charge in [-0.3, -0.25) is 0 Å². The third-order valence-corrected chi connectivity index (χ3v) is 6.09. The van der Waals surface area contributed by atoms with Crippen LogP contribution in [0.5, 0.6) is 0 Å². The number of ether oxygens (including phenoxy) is 4. The third kappa shape index (κ3) is 2.35. The lowest BCUT2D eigenvalue weighted by Gasteiger charge is -2.25. The zero-order valence-corrected chi connectivity index (χ0v) is 13.4. The van der Waals surface area contributed by atoms with Crippen LogP contribution in [0.1, 0.15) is 25.7 Å². The molecule has 0 aromatic rings. The molecule has 21 heavy (non-hydrogen) atoms. The van der Waals surface area contributed by atoms with Crippen molar-refractivity contribution in [3.63, 3.8) is 0 Å². The topological polar surface area (TPSA) is 36.9 Å². The SMILES string of the molecule is C1=CC2(CC1)OCCO2.ClC1(Cl)[C@@H]2CCC3(OCCO3)[C@@H]21. The molecule has 2 heterocycles. The maximum Gasteiger partial charge on any atom is 0.188 e. The fraction of sp³-hybridized carbons (Fsp3) is 0.867. The van der Waals surface area contributed by atoms with Gasteiger partial charge in [0.05, 0.1) is 32.3 Å². The summed E-state index contributed by atoms with van der Waals surface area (Å²) in [4.78, 5) is 0. The zero-order chi connectivity index (χ0) is 14.6. The van der Waals surface area contributed by atoms with Crippen LogP contribution in [0.15, 0.2) is 12.2 Å². The first-order valence-electron chi connectivity index (χ1n) is 7.69. The van der Waals surface area contributed by atoms with Crippen molar-refractivity contribution in [3.8, 4) is 0 Å². The molecule has 118 valence electrons. The van der Waals surface area contributed by atoms with E-state index in [-0.39, 0.29) is 11.7 Å². The Bertz CT molecular complexity index is 433. The molecule has 5 aliphatic rings. The average molecular weight is 335 g/mol. The van der Waals surface area contributed by atoms with Gasteiger partial charge in [-0.05, 0) is 18.9 Å². The molecule has 0 N–H and O–H groups in total. The van der Waals surface area contributed by atoms with Crippen molar-refractivity contribution in [2.24, 2.45) is 11.8 Å². The quantitative estimate of drug-likeness (QED) is 0.504. The first kappa shape index (κ1) is 14.7. The Labute approximate surface area is 134 Å². The number of hydrogen-bond donors (Lipinski definition) is 0. The summed E-state index contributed by atoms with van der Waals surface area (Å²) in [6.45, 7) is 2.88. The van der Waals surface area contributed by atoms with Crippen LogP contribution in [0.4, 0.5) is 0 Å². The molecule has 2 atom stereocenters. The maximum absolute atomic E-state index is 6.08. The molecule has 3 aliphatic carbocycles. The van der Waals surface area contributed by atoms with Crippen molar-refractivity contribution in [2.75, 3.05) is 26.4 Å². The minimum Gasteiger partial charge on any atom is -0.347 e. The molecule has 4 nitrogen and oxygen atoms in total. The van der Waals surface area contributed by atoms with Crippen LogP contribution < -0.4 is 0 Å². The lowest BCUT2D eigenvalue weighted by molar-refractivity contribution is -0.167. The molecule has 0 radical (unpaired) electrons. The fourth-order valence-corrected chi connectivity index (χ4v) is 4.98. The lowest BCUT2D eigenvalue weighted by atomic mass is 10.1. The maximum atomic E-state index is 6.08. The van der Waals surface area contributed by atoms with Gasteiger partial charge in [0.2, 0.25) is 0 Å². The molecular weight excluding hydrogens is 315 g/mol. The zero-order valence-electron chi connectivity index (χ0n) is 11.9. The molecule has 4 fully saturated rings. The third-order valence-electron chi connectivity index (χ3n) is 5.06. The molecular formula is C15H20Cl2O4. The molecule has 6 heteroatoms. The number of allylic oxidation sites excluding steroid dienone is 1. The molecule has 0 aromatic heterocycles. The Balaban J connectivity index is 0.000000115.